The molecular formula is C12H20N2O. The summed E-state index contributed by atoms with van der Waals surface area (Å²) in [7, 11) is 0. The van der Waals surface area contributed by atoms with Crippen LogP contribution in [0.2, 0.25) is 0 Å². The molecular weight excluding hydrogens is 188 g/mol. The Labute approximate surface area is 92.0 Å². The van der Waals surface area contributed by atoms with Crippen molar-refractivity contribution in [1.29, 1.82) is 5.26 Å². The van der Waals surface area contributed by atoms with E-state index in [9.17, 15) is 5.26 Å². The van der Waals surface area contributed by atoms with Crippen molar-refractivity contribution in [3.05, 3.63) is 0 Å². The third-order valence-electron chi connectivity index (χ3n) is 3.48. The number of ether oxygens (including phenoxy) is 1. The lowest BCUT2D eigenvalue weighted by atomic mass is 10.1. The molecule has 0 radical (unpaired) electrons. The summed E-state index contributed by atoms with van der Waals surface area (Å²) in [6.07, 6.45) is 7.48. The van der Waals surface area contributed by atoms with Crippen molar-refractivity contribution in [2.45, 2.75) is 50.7 Å². The van der Waals surface area contributed by atoms with Crippen LogP contribution in [0.1, 0.15) is 38.5 Å². The normalized spacial score (nSPS) is 30.7. The van der Waals surface area contributed by atoms with Crippen LogP contribution < -0.4 is 0 Å². The molecule has 0 saturated carbocycles. The first-order chi connectivity index (χ1) is 7.42. The summed E-state index contributed by atoms with van der Waals surface area (Å²) in [5, 5.41) is 9.26. The maximum atomic E-state index is 9.26. The molecule has 0 spiro atoms. The standard InChI is InChI=1S/C12H20N2O/c13-10-11(12-6-5-9-15-12)14-7-3-1-2-4-8-14/h11-12H,1-9H2. The van der Waals surface area contributed by atoms with Gasteiger partial charge in [-0.1, -0.05) is 12.8 Å². The van der Waals surface area contributed by atoms with Gasteiger partial charge >= 0.3 is 0 Å². The van der Waals surface area contributed by atoms with Crippen molar-refractivity contribution in [1.82, 2.24) is 4.90 Å². The molecule has 0 aromatic rings. The van der Waals surface area contributed by atoms with Crippen LogP contribution in [0.5, 0.6) is 0 Å². The predicted molar refractivity (Wildman–Crippen MR) is 58.4 cm³/mol. The van der Waals surface area contributed by atoms with Crippen LogP contribution in [0, 0.1) is 11.3 Å². The summed E-state index contributed by atoms with van der Waals surface area (Å²) in [5.41, 5.74) is 0. The summed E-state index contributed by atoms with van der Waals surface area (Å²) < 4.78 is 5.64. The minimum Gasteiger partial charge on any atom is -0.375 e. The second kappa shape index (κ2) is 5.48. The number of rotatable bonds is 2. The molecule has 0 N–H and O–H groups in total. The molecule has 2 saturated heterocycles. The summed E-state index contributed by atoms with van der Waals surface area (Å²) in [6.45, 7) is 3.01. The van der Waals surface area contributed by atoms with Gasteiger partial charge < -0.3 is 4.74 Å². The Hall–Kier alpha value is -0.590. The molecule has 2 heterocycles. The van der Waals surface area contributed by atoms with Gasteiger partial charge in [-0.2, -0.15) is 5.26 Å². The van der Waals surface area contributed by atoms with Crippen LogP contribution in [0.3, 0.4) is 0 Å². The van der Waals surface area contributed by atoms with Crippen molar-refractivity contribution < 1.29 is 4.74 Å². The maximum absolute atomic E-state index is 9.26. The number of likely N-dealkylation sites (tertiary alicyclic amines) is 1. The highest BCUT2D eigenvalue weighted by Crippen LogP contribution is 2.21. The van der Waals surface area contributed by atoms with Gasteiger partial charge in [-0.25, -0.2) is 0 Å². The lowest BCUT2D eigenvalue weighted by molar-refractivity contribution is 0.0474. The summed E-state index contributed by atoms with van der Waals surface area (Å²) >= 11 is 0. The maximum Gasteiger partial charge on any atom is 0.124 e. The number of hydrogen-bond acceptors (Lipinski definition) is 3. The molecule has 0 amide bonds. The van der Waals surface area contributed by atoms with Crippen LogP contribution in [0.15, 0.2) is 0 Å². The average Bonchev–Trinajstić information content (AvgIpc) is 2.63. The zero-order valence-electron chi connectivity index (χ0n) is 9.32. The van der Waals surface area contributed by atoms with Gasteiger partial charge in [0.25, 0.3) is 0 Å². The van der Waals surface area contributed by atoms with Crippen LogP contribution in [-0.2, 0) is 4.74 Å². The van der Waals surface area contributed by atoms with E-state index in [4.69, 9.17) is 4.74 Å². The summed E-state index contributed by atoms with van der Waals surface area (Å²) in [4.78, 5) is 2.34. The molecule has 2 rings (SSSR count). The minimum absolute atomic E-state index is 0.00519. The molecule has 2 aliphatic rings. The first-order valence-corrected chi connectivity index (χ1v) is 6.17. The van der Waals surface area contributed by atoms with Crippen LogP contribution in [-0.4, -0.2) is 36.7 Å². The molecule has 84 valence electrons. The van der Waals surface area contributed by atoms with Gasteiger partial charge in [-0.3, -0.25) is 4.90 Å². The Morgan fingerprint density at radius 2 is 1.87 bits per heavy atom. The van der Waals surface area contributed by atoms with Crippen molar-refractivity contribution >= 4 is 0 Å². The Kier molecular flexibility index (Phi) is 3.99. The monoisotopic (exact) mass is 208 g/mol. The SMILES string of the molecule is N#CC(C1CCCO1)N1CCCCCC1. The van der Waals surface area contributed by atoms with E-state index in [1.807, 2.05) is 0 Å². The topological polar surface area (TPSA) is 36.3 Å². The van der Waals surface area contributed by atoms with E-state index in [1.165, 1.54) is 25.7 Å². The van der Waals surface area contributed by atoms with E-state index >= 15 is 0 Å². The third kappa shape index (κ3) is 2.70. The molecule has 3 nitrogen and oxygen atoms in total. The van der Waals surface area contributed by atoms with E-state index in [-0.39, 0.29) is 12.1 Å². The van der Waals surface area contributed by atoms with Crippen molar-refractivity contribution in [2.75, 3.05) is 19.7 Å². The molecule has 2 aliphatic heterocycles. The Morgan fingerprint density at radius 3 is 2.40 bits per heavy atom. The molecule has 0 aromatic heterocycles. The Morgan fingerprint density at radius 1 is 1.13 bits per heavy atom. The Bertz CT molecular complexity index is 222. The smallest absolute Gasteiger partial charge is 0.124 e. The first kappa shape index (κ1) is 10.9. The fourth-order valence-corrected chi connectivity index (χ4v) is 2.62. The number of nitrogens with zero attached hydrogens (tertiary/aromatic N) is 2. The molecule has 2 atom stereocenters. The van der Waals surface area contributed by atoms with Crippen LogP contribution in [0.4, 0.5) is 0 Å². The lowest BCUT2D eigenvalue weighted by Gasteiger charge is -2.28. The fourth-order valence-electron chi connectivity index (χ4n) is 2.62. The first-order valence-electron chi connectivity index (χ1n) is 6.17. The quantitative estimate of drug-likeness (QED) is 0.695. The molecule has 15 heavy (non-hydrogen) atoms. The Balaban J connectivity index is 1.94. The van der Waals surface area contributed by atoms with Crippen LogP contribution in [0.25, 0.3) is 0 Å². The van der Waals surface area contributed by atoms with E-state index in [0.717, 1.165) is 32.5 Å². The molecule has 3 heteroatoms. The summed E-state index contributed by atoms with van der Waals surface area (Å²) in [6, 6.07) is 2.45. The molecule has 2 fully saturated rings. The zero-order valence-corrected chi connectivity index (χ0v) is 9.32. The highest BCUT2D eigenvalue weighted by molar-refractivity contribution is 4.99. The fraction of sp³-hybridized carbons (Fsp3) is 0.917. The summed E-state index contributed by atoms with van der Waals surface area (Å²) in [5.74, 6) is 0. The number of hydrogen-bond donors (Lipinski definition) is 0. The highest BCUT2D eigenvalue weighted by atomic mass is 16.5. The average molecular weight is 208 g/mol. The van der Waals surface area contributed by atoms with Gasteiger partial charge in [-0.15, -0.1) is 0 Å². The van der Waals surface area contributed by atoms with E-state index in [2.05, 4.69) is 11.0 Å². The second-order valence-electron chi connectivity index (χ2n) is 4.58. The third-order valence-corrected chi connectivity index (χ3v) is 3.48. The molecule has 0 aromatic carbocycles. The van der Waals surface area contributed by atoms with Crippen molar-refractivity contribution in [2.24, 2.45) is 0 Å². The van der Waals surface area contributed by atoms with Gasteiger partial charge in [0, 0.05) is 6.61 Å². The molecule has 2 unspecified atom stereocenters. The van der Waals surface area contributed by atoms with Gasteiger partial charge in [0.05, 0.1) is 12.2 Å². The van der Waals surface area contributed by atoms with Gasteiger partial charge in [0.15, 0.2) is 0 Å². The second-order valence-corrected chi connectivity index (χ2v) is 4.58. The van der Waals surface area contributed by atoms with Gasteiger partial charge in [0.2, 0.25) is 0 Å². The molecule has 0 aliphatic carbocycles. The van der Waals surface area contributed by atoms with E-state index in [1.54, 1.807) is 0 Å². The lowest BCUT2D eigenvalue weighted by Crippen LogP contribution is -2.43. The minimum atomic E-state index is 0.00519. The zero-order chi connectivity index (χ0) is 10.5. The van der Waals surface area contributed by atoms with Gasteiger partial charge in [-0.05, 0) is 38.8 Å². The van der Waals surface area contributed by atoms with Crippen molar-refractivity contribution in [3.63, 3.8) is 0 Å². The van der Waals surface area contributed by atoms with Crippen molar-refractivity contribution in [3.8, 4) is 6.07 Å². The predicted octanol–water partition coefficient (Wildman–Crippen LogP) is 1.93. The largest absolute Gasteiger partial charge is 0.375 e. The van der Waals surface area contributed by atoms with E-state index in [0.29, 0.717) is 0 Å². The number of nitriles is 1. The molecule has 0 bridgehead atoms. The van der Waals surface area contributed by atoms with E-state index < -0.39 is 0 Å². The highest BCUT2D eigenvalue weighted by Gasteiger charge is 2.30. The van der Waals surface area contributed by atoms with Gasteiger partial charge in [0.1, 0.15) is 6.04 Å². The van der Waals surface area contributed by atoms with Crippen LogP contribution >= 0.6 is 0 Å².